The second-order valence-corrected chi connectivity index (χ2v) is 5.36. The number of imidazole rings is 1. The molecule has 1 amide bonds. The van der Waals surface area contributed by atoms with Crippen molar-refractivity contribution in [1.82, 2.24) is 14.1 Å². The molecule has 2 aromatic heterocycles. The number of hydrogen-bond acceptors (Lipinski definition) is 4. The van der Waals surface area contributed by atoms with Gasteiger partial charge in [-0.15, -0.1) is 0 Å². The van der Waals surface area contributed by atoms with Crippen LogP contribution in [0.25, 0.3) is 11.0 Å². The van der Waals surface area contributed by atoms with E-state index >= 15 is 0 Å². The number of para-hydroxylation sites is 2. The number of aromatic nitrogens is 3. The molecular weight excluding hydrogens is 308 g/mol. The lowest BCUT2D eigenvalue weighted by Crippen LogP contribution is -2.28. The number of methoxy groups -OCH3 is 1. The Bertz CT molecular complexity index is 942. The fraction of sp³-hybridized carbons (Fsp3) is 0.235. The summed E-state index contributed by atoms with van der Waals surface area (Å²) in [5, 5.41) is 2.74. The number of pyridine rings is 1. The van der Waals surface area contributed by atoms with Crippen LogP contribution < -0.4 is 10.9 Å². The lowest BCUT2D eigenvalue weighted by atomic mass is 10.2. The molecule has 3 aromatic rings. The van der Waals surface area contributed by atoms with Crippen LogP contribution in [0.2, 0.25) is 0 Å². The zero-order valence-corrected chi connectivity index (χ0v) is 13.5. The van der Waals surface area contributed by atoms with Gasteiger partial charge in [-0.05, 0) is 24.3 Å². The number of fused-ring (bicyclic) bond motifs is 1. The highest BCUT2D eigenvalue weighted by Crippen LogP contribution is 2.19. The molecule has 0 aliphatic carbocycles. The molecule has 0 spiro atoms. The maximum atomic E-state index is 12.5. The third-order valence-electron chi connectivity index (χ3n) is 3.77. The SMILES string of the molecule is COCCn1c(NC(=O)c2cccn(C)c2=O)nc2ccccc21. The molecule has 0 saturated carbocycles. The number of aryl methyl sites for hydroxylation is 1. The highest BCUT2D eigenvalue weighted by Gasteiger charge is 2.16. The topological polar surface area (TPSA) is 78.1 Å². The number of nitrogens with one attached hydrogen (secondary N) is 1. The van der Waals surface area contributed by atoms with E-state index in [2.05, 4.69) is 10.3 Å². The lowest BCUT2D eigenvalue weighted by molar-refractivity contribution is 0.102. The highest BCUT2D eigenvalue weighted by molar-refractivity contribution is 6.03. The van der Waals surface area contributed by atoms with Crippen LogP contribution >= 0.6 is 0 Å². The van der Waals surface area contributed by atoms with Crippen LogP contribution in [0.5, 0.6) is 0 Å². The van der Waals surface area contributed by atoms with E-state index in [0.717, 1.165) is 11.0 Å². The monoisotopic (exact) mass is 326 g/mol. The summed E-state index contributed by atoms with van der Waals surface area (Å²) in [4.78, 5) is 29.0. The first-order valence-electron chi connectivity index (χ1n) is 7.53. The molecule has 0 unspecified atom stereocenters. The molecule has 2 heterocycles. The number of anilines is 1. The molecule has 3 rings (SSSR count). The number of nitrogens with zero attached hydrogens (tertiary/aromatic N) is 3. The number of rotatable bonds is 5. The average Bonchev–Trinajstić information content (AvgIpc) is 2.92. The van der Waals surface area contributed by atoms with Crippen molar-refractivity contribution in [3.63, 3.8) is 0 Å². The molecular formula is C17H18N4O3. The number of hydrogen-bond donors (Lipinski definition) is 1. The van der Waals surface area contributed by atoms with Crippen molar-refractivity contribution < 1.29 is 9.53 Å². The van der Waals surface area contributed by atoms with E-state index in [1.807, 2.05) is 28.8 Å². The summed E-state index contributed by atoms with van der Waals surface area (Å²) in [6.07, 6.45) is 1.60. The van der Waals surface area contributed by atoms with Gasteiger partial charge in [0.05, 0.1) is 17.6 Å². The summed E-state index contributed by atoms with van der Waals surface area (Å²) in [6, 6.07) is 10.7. The Morgan fingerprint density at radius 2 is 2.04 bits per heavy atom. The van der Waals surface area contributed by atoms with E-state index in [0.29, 0.717) is 19.1 Å². The lowest BCUT2D eigenvalue weighted by Gasteiger charge is -2.09. The average molecular weight is 326 g/mol. The Kier molecular flexibility index (Phi) is 4.43. The molecule has 0 saturated heterocycles. The normalized spacial score (nSPS) is 10.9. The first kappa shape index (κ1) is 15.9. The summed E-state index contributed by atoms with van der Waals surface area (Å²) in [7, 11) is 3.22. The zero-order chi connectivity index (χ0) is 17.1. The van der Waals surface area contributed by atoms with E-state index in [9.17, 15) is 9.59 Å². The first-order chi connectivity index (χ1) is 11.6. The van der Waals surface area contributed by atoms with E-state index in [1.54, 1.807) is 26.4 Å². The van der Waals surface area contributed by atoms with Crippen molar-refractivity contribution in [3.05, 3.63) is 58.5 Å². The zero-order valence-electron chi connectivity index (χ0n) is 13.5. The van der Waals surface area contributed by atoms with Crippen LogP contribution in [-0.2, 0) is 18.3 Å². The Hall–Kier alpha value is -2.93. The molecule has 0 aliphatic heterocycles. The molecule has 0 bridgehead atoms. The number of benzene rings is 1. The van der Waals surface area contributed by atoms with Gasteiger partial charge >= 0.3 is 0 Å². The van der Waals surface area contributed by atoms with Crippen LogP contribution in [-0.4, -0.2) is 33.7 Å². The van der Waals surface area contributed by atoms with Crippen molar-refractivity contribution in [2.75, 3.05) is 19.0 Å². The second kappa shape index (κ2) is 6.67. The summed E-state index contributed by atoms with van der Waals surface area (Å²) in [6.45, 7) is 1.02. The van der Waals surface area contributed by atoms with E-state index in [4.69, 9.17) is 4.74 Å². The van der Waals surface area contributed by atoms with Crippen molar-refractivity contribution in [3.8, 4) is 0 Å². The van der Waals surface area contributed by atoms with Gasteiger partial charge in [-0.2, -0.15) is 0 Å². The quantitative estimate of drug-likeness (QED) is 0.773. The molecule has 0 aliphatic rings. The Balaban J connectivity index is 1.98. The van der Waals surface area contributed by atoms with Crippen molar-refractivity contribution in [1.29, 1.82) is 0 Å². The van der Waals surface area contributed by atoms with Gasteiger partial charge in [-0.3, -0.25) is 14.9 Å². The molecule has 1 aromatic carbocycles. The largest absolute Gasteiger partial charge is 0.383 e. The summed E-state index contributed by atoms with van der Waals surface area (Å²) in [5.74, 6) is -0.0886. The van der Waals surface area contributed by atoms with Gasteiger partial charge in [0, 0.05) is 26.9 Å². The van der Waals surface area contributed by atoms with E-state index in [-0.39, 0.29) is 11.1 Å². The van der Waals surface area contributed by atoms with Crippen molar-refractivity contribution >= 4 is 22.9 Å². The Labute approximate surface area is 138 Å². The first-order valence-corrected chi connectivity index (χ1v) is 7.53. The highest BCUT2D eigenvalue weighted by atomic mass is 16.5. The second-order valence-electron chi connectivity index (χ2n) is 5.36. The fourth-order valence-corrected chi connectivity index (χ4v) is 2.52. The van der Waals surface area contributed by atoms with Gasteiger partial charge < -0.3 is 13.9 Å². The molecule has 124 valence electrons. The molecule has 1 N–H and O–H groups in total. The number of amides is 1. The fourth-order valence-electron chi connectivity index (χ4n) is 2.52. The maximum Gasteiger partial charge on any atom is 0.263 e. The number of ether oxygens (including phenoxy) is 1. The minimum Gasteiger partial charge on any atom is -0.383 e. The maximum absolute atomic E-state index is 12.5. The summed E-state index contributed by atoms with van der Waals surface area (Å²) >= 11 is 0. The number of carbonyl (C=O) groups is 1. The van der Waals surface area contributed by atoms with Crippen LogP contribution in [0.1, 0.15) is 10.4 Å². The van der Waals surface area contributed by atoms with Gasteiger partial charge in [0.25, 0.3) is 11.5 Å². The van der Waals surface area contributed by atoms with Crippen LogP contribution in [0.4, 0.5) is 5.95 Å². The van der Waals surface area contributed by atoms with Crippen LogP contribution in [0.15, 0.2) is 47.4 Å². The molecule has 0 fully saturated rings. The predicted octanol–water partition coefficient (Wildman–Crippen LogP) is 1.63. The third-order valence-corrected chi connectivity index (χ3v) is 3.77. The van der Waals surface area contributed by atoms with Crippen LogP contribution in [0.3, 0.4) is 0 Å². The minimum atomic E-state index is -0.481. The minimum absolute atomic E-state index is 0.0744. The predicted molar refractivity (Wildman–Crippen MR) is 91.2 cm³/mol. The van der Waals surface area contributed by atoms with Gasteiger partial charge in [0.15, 0.2) is 0 Å². The van der Waals surface area contributed by atoms with Crippen molar-refractivity contribution in [2.45, 2.75) is 6.54 Å². The molecule has 0 atom stereocenters. The smallest absolute Gasteiger partial charge is 0.263 e. The van der Waals surface area contributed by atoms with Gasteiger partial charge in [-0.25, -0.2) is 4.98 Å². The Morgan fingerprint density at radius 1 is 1.25 bits per heavy atom. The third kappa shape index (κ3) is 2.93. The molecule has 24 heavy (non-hydrogen) atoms. The number of carbonyl (C=O) groups excluding carboxylic acids is 1. The van der Waals surface area contributed by atoms with E-state index < -0.39 is 5.91 Å². The van der Waals surface area contributed by atoms with E-state index in [1.165, 1.54) is 10.6 Å². The van der Waals surface area contributed by atoms with Crippen molar-refractivity contribution in [2.24, 2.45) is 7.05 Å². The van der Waals surface area contributed by atoms with Gasteiger partial charge in [0.2, 0.25) is 5.95 Å². The Morgan fingerprint density at radius 3 is 2.83 bits per heavy atom. The van der Waals surface area contributed by atoms with Gasteiger partial charge in [0.1, 0.15) is 5.56 Å². The molecule has 7 nitrogen and oxygen atoms in total. The van der Waals surface area contributed by atoms with Gasteiger partial charge in [-0.1, -0.05) is 12.1 Å². The summed E-state index contributed by atoms with van der Waals surface area (Å²) in [5.41, 5.74) is 1.38. The molecule has 0 radical (unpaired) electrons. The molecule has 7 heteroatoms. The standard InChI is InChI=1S/C17H18N4O3/c1-20-9-5-6-12(16(20)23)15(22)19-17-18-13-7-3-4-8-14(13)21(17)10-11-24-2/h3-9H,10-11H2,1-2H3,(H,18,19,22). The van der Waals surface area contributed by atoms with Crippen LogP contribution in [0, 0.1) is 0 Å². The summed E-state index contributed by atoms with van der Waals surface area (Å²) < 4.78 is 8.36.